The van der Waals surface area contributed by atoms with Crippen molar-refractivity contribution in [3.05, 3.63) is 21.4 Å². The molecule has 0 amide bonds. The molecule has 0 atom stereocenters. The number of rotatable bonds is 0. The van der Waals surface area contributed by atoms with E-state index in [9.17, 15) is 0 Å². The van der Waals surface area contributed by atoms with E-state index in [1.165, 1.54) is 14.9 Å². The van der Waals surface area contributed by atoms with Gasteiger partial charge in [0.05, 0.1) is 16.0 Å². The van der Waals surface area contributed by atoms with E-state index in [2.05, 4.69) is 34.3 Å². The van der Waals surface area contributed by atoms with Crippen molar-refractivity contribution in [2.75, 3.05) is 13.7 Å². The van der Waals surface area contributed by atoms with Crippen LogP contribution in [-0.4, -0.2) is 22.2 Å². The smallest absolute Gasteiger partial charge is 0.0756 e. The predicted octanol–water partition coefficient (Wildman–Crippen LogP) is 1.38. The lowest BCUT2D eigenvalue weighted by Crippen LogP contribution is -2.19. The summed E-state index contributed by atoms with van der Waals surface area (Å²) in [5.41, 5.74) is 2.78. The molecule has 11 heavy (non-hydrogen) atoms. The first-order valence-corrected chi connectivity index (χ1v) is 5.94. The molecular formula is C8H11IN2. The predicted molar refractivity (Wildman–Crippen MR) is 56.6 cm³/mol. The number of nitrogens with zero attached hydrogens (tertiary/aromatic N) is 1. The van der Waals surface area contributed by atoms with Gasteiger partial charge in [-0.25, -0.2) is 0 Å². The van der Waals surface area contributed by atoms with E-state index in [0.29, 0.717) is 0 Å². The monoisotopic (exact) mass is 262 g/mol. The van der Waals surface area contributed by atoms with Crippen LogP contribution in [0, 0.1) is 0 Å². The number of fused-ring (bicyclic) bond motifs is 1. The summed E-state index contributed by atoms with van der Waals surface area (Å²) in [5.74, 6) is 0. The SMILES string of the molecule is CC1=CI=C2C(=C1)NCN2C. The average Bonchev–Trinajstić information content (AvgIpc) is 2.32. The number of hydrogen-bond donors (Lipinski definition) is 1. The number of allylic oxidation sites excluding steroid dienone is 2. The van der Waals surface area contributed by atoms with Gasteiger partial charge in [0.1, 0.15) is 0 Å². The third-order valence-corrected chi connectivity index (χ3v) is 5.05. The Hall–Kier alpha value is -0.160. The van der Waals surface area contributed by atoms with Crippen LogP contribution in [0.5, 0.6) is 0 Å². The molecule has 0 aliphatic carbocycles. The quantitative estimate of drug-likeness (QED) is 0.663. The normalized spacial score (nSPS) is 24.0. The van der Waals surface area contributed by atoms with Crippen LogP contribution in [-0.2, 0) is 0 Å². The van der Waals surface area contributed by atoms with Gasteiger partial charge in [-0.1, -0.05) is 20.7 Å². The summed E-state index contributed by atoms with van der Waals surface area (Å²) < 4.78 is 3.91. The summed E-state index contributed by atoms with van der Waals surface area (Å²) in [6.07, 6.45) is 2.24. The molecule has 0 unspecified atom stereocenters. The van der Waals surface area contributed by atoms with E-state index in [1.807, 2.05) is 0 Å². The largest absolute Gasteiger partial charge is 0.370 e. The van der Waals surface area contributed by atoms with Gasteiger partial charge < -0.3 is 5.32 Å². The lowest BCUT2D eigenvalue weighted by molar-refractivity contribution is 0.531. The van der Waals surface area contributed by atoms with Gasteiger partial charge in [0, 0.05) is 0 Å². The van der Waals surface area contributed by atoms with Crippen LogP contribution < -0.4 is 5.32 Å². The summed E-state index contributed by atoms with van der Waals surface area (Å²) in [6.45, 7) is 3.16. The molecule has 2 aliphatic rings. The van der Waals surface area contributed by atoms with Crippen molar-refractivity contribution in [1.29, 1.82) is 0 Å². The molecule has 0 radical (unpaired) electrons. The van der Waals surface area contributed by atoms with E-state index < -0.39 is 0 Å². The summed E-state index contributed by atoms with van der Waals surface area (Å²) in [4.78, 5) is 2.31. The first kappa shape index (κ1) is 7.49. The van der Waals surface area contributed by atoms with Crippen LogP contribution in [0.4, 0.5) is 0 Å². The van der Waals surface area contributed by atoms with Gasteiger partial charge in [0.2, 0.25) is 0 Å². The van der Waals surface area contributed by atoms with Gasteiger partial charge in [0.25, 0.3) is 0 Å². The van der Waals surface area contributed by atoms with Gasteiger partial charge in [0.15, 0.2) is 0 Å². The Labute approximate surface area is 76.7 Å². The number of halogens is 1. The topological polar surface area (TPSA) is 15.3 Å². The lowest BCUT2D eigenvalue weighted by Gasteiger charge is -2.09. The zero-order chi connectivity index (χ0) is 7.84. The molecule has 1 fully saturated rings. The van der Waals surface area contributed by atoms with Crippen LogP contribution in [0.1, 0.15) is 6.92 Å². The standard InChI is InChI=1S/C8H11IN2/c1-6-3-7-8(9-4-6)11(2)5-10-7/h3-4,10H,5H2,1-2H3. The molecule has 0 spiro atoms. The molecular weight excluding hydrogens is 251 g/mol. The second-order valence-electron chi connectivity index (χ2n) is 2.84. The minimum atomic E-state index is 0.140. The molecule has 3 heteroatoms. The van der Waals surface area contributed by atoms with Crippen molar-refractivity contribution in [2.45, 2.75) is 6.92 Å². The zero-order valence-electron chi connectivity index (χ0n) is 6.69. The van der Waals surface area contributed by atoms with Crippen molar-refractivity contribution in [2.24, 2.45) is 0 Å². The Balaban J connectivity index is 2.41. The third-order valence-electron chi connectivity index (χ3n) is 1.77. The van der Waals surface area contributed by atoms with Crippen molar-refractivity contribution in [1.82, 2.24) is 10.2 Å². The third kappa shape index (κ3) is 1.27. The number of hydrogen-bond acceptors (Lipinski definition) is 2. The van der Waals surface area contributed by atoms with Crippen LogP contribution in [0.15, 0.2) is 21.4 Å². The maximum atomic E-state index is 3.38. The Morgan fingerprint density at radius 1 is 1.64 bits per heavy atom. The summed E-state index contributed by atoms with van der Waals surface area (Å²) >= 11 is 0.140. The van der Waals surface area contributed by atoms with Crippen LogP contribution in [0.25, 0.3) is 0 Å². The van der Waals surface area contributed by atoms with Gasteiger partial charge >= 0.3 is 0 Å². The molecule has 1 saturated heterocycles. The van der Waals surface area contributed by atoms with E-state index in [0.717, 1.165) is 6.67 Å². The number of nitrogens with one attached hydrogen (secondary N) is 1. The highest BCUT2D eigenvalue weighted by atomic mass is 127. The summed E-state index contributed by atoms with van der Waals surface area (Å²) in [7, 11) is 2.15. The second-order valence-corrected chi connectivity index (χ2v) is 5.11. The van der Waals surface area contributed by atoms with Crippen molar-refractivity contribution < 1.29 is 0 Å². The Morgan fingerprint density at radius 3 is 3.27 bits per heavy atom. The summed E-state index contributed by atoms with van der Waals surface area (Å²) in [6, 6.07) is 0. The molecule has 2 heterocycles. The highest BCUT2D eigenvalue weighted by molar-refractivity contribution is 14.2. The van der Waals surface area contributed by atoms with Crippen LogP contribution in [0.3, 0.4) is 0 Å². The van der Waals surface area contributed by atoms with Gasteiger partial charge in [-0.3, -0.25) is 4.90 Å². The minimum Gasteiger partial charge on any atom is -0.370 e. The van der Waals surface area contributed by atoms with E-state index >= 15 is 0 Å². The van der Waals surface area contributed by atoms with Gasteiger partial charge in [-0.15, -0.1) is 0 Å². The Bertz CT molecular complexity index is 276. The van der Waals surface area contributed by atoms with E-state index in [-0.39, 0.29) is 20.7 Å². The summed E-state index contributed by atoms with van der Waals surface area (Å²) in [5, 5.41) is 3.38. The van der Waals surface area contributed by atoms with Crippen molar-refractivity contribution in [3.63, 3.8) is 0 Å². The second kappa shape index (κ2) is 2.71. The molecule has 0 saturated carbocycles. The number of likely N-dealkylation sites (N-methyl/N-ethyl adjacent to an activating group) is 1. The molecule has 0 aromatic heterocycles. The molecule has 60 valence electrons. The zero-order valence-corrected chi connectivity index (χ0v) is 8.84. The van der Waals surface area contributed by atoms with Crippen LogP contribution >= 0.6 is 20.7 Å². The van der Waals surface area contributed by atoms with Gasteiger partial charge in [-0.05, 0) is 29.7 Å². The highest BCUT2D eigenvalue weighted by Gasteiger charge is 2.19. The fourth-order valence-electron chi connectivity index (χ4n) is 1.20. The van der Waals surface area contributed by atoms with Crippen molar-refractivity contribution in [3.8, 4) is 0 Å². The Morgan fingerprint density at radius 2 is 2.45 bits per heavy atom. The molecule has 1 N–H and O–H groups in total. The molecule has 2 rings (SSSR count). The maximum absolute atomic E-state index is 3.38. The molecule has 2 nitrogen and oxygen atoms in total. The van der Waals surface area contributed by atoms with Gasteiger partial charge in [-0.2, -0.15) is 0 Å². The molecule has 0 bridgehead atoms. The first-order chi connectivity index (χ1) is 5.27. The molecule has 2 aliphatic heterocycles. The lowest BCUT2D eigenvalue weighted by atomic mass is 10.3. The fourth-order valence-corrected chi connectivity index (χ4v) is 3.50. The molecule has 0 aromatic rings. The maximum Gasteiger partial charge on any atom is 0.0756 e. The first-order valence-electron chi connectivity index (χ1n) is 3.61. The fraction of sp³-hybridized carbons (Fsp3) is 0.375. The highest BCUT2D eigenvalue weighted by Crippen LogP contribution is 2.23. The Kier molecular flexibility index (Phi) is 1.85. The van der Waals surface area contributed by atoms with E-state index in [4.69, 9.17) is 0 Å². The average molecular weight is 262 g/mol. The van der Waals surface area contributed by atoms with Crippen LogP contribution in [0.2, 0.25) is 0 Å². The minimum absolute atomic E-state index is 0.140. The molecule has 0 aromatic carbocycles. The van der Waals surface area contributed by atoms with Crippen molar-refractivity contribution >= 4 is 24.4 Å². The van der Waals surface area contributed by atoms with E-state index in [1.54, 1.807) is 0 Å².